The lowest BCUT2D eigenvalue weighted by molar-refractivity contribution is -0.118. The van der Waals surface area contributed by atoms with Crippen LogP contribution in [0.25, 0.3) is 0 Å². The van der Waals surface area contributed by atoms with E-state index in [1.165, 1.54) is 12.0 Å². The third kappa shape index (κ3) is 4.68. The number of carbonyl (C=O) groups is 1. The summed E-state index contributed by atoms with van der Waals surface area (Å²) in [5, 5.41) is 3.38. The van der Waals surface area contributed by atoms with E-state index in [-0.39, 0.29) is 5.91 Å². The molecule has 2 aromatic carbocycles. The molecule has 1 atom stereocenters. The molecule has 1 N–H and O–H groups in total. The van der Waals surface area contributed by atoms with E-state index in [4.69, 9.17) is 0 Å². The topological polar surface area (TPSA) is 32.3 Å². The van der Waals surface area contributed by atoms with Crippen LogP contribution in [-0.2, 0) is 11.2 Å². The van der Waals surface area contributed by atoms with Crippen LogP contribution in [0.3, 0.4) is 0 Å². The predicted molar refractivity (Wildman–Crippen MR) is 99.2 cm³/mol. The maximum absolute atomic E-state index is 12.8. The number of benzene rings is 2. The quantitative estimate of drug-likeness (QED) is 0.844. The van der Waals surface area contributed by atoms with Gasteiger partial charge in [0.1, 0.15) is 0 Å². The maximum Gasteiger partial charge on any atom is 0.226 e. The lowest BCUT2D eigenvalue weighted by Crippen LogP contribution is -2.33. The van der Waals surface area contributed by atoms with Crippen LogP contribution in [0.5, 0.6) is 0 Å². The van der Waals surface area contributed by atoms with E-state index in [0.717, 1.165) is 38.2 Å². The molecule has 3 heteroatoms. The van der Waals surface area contributed by atoms with E-state index >= 15 is 0 Å². The minimum atomic E-state index is 0.240. The van der Waals surface area contributed by atoms with Crippen LogP contribution < -0.4 is 10.2 Å². The van der Waals surface area contributed by atoms with Crippen molar-refractivity contribution in [2.24, 2.45) is 5.92 Å². The molecule has 0 spiro atoms. The van der Waals surface area contributed by atoms with Crippen molar-refractivity contribution in [3.05, 3.63) is 66.2 Å². The van der Waals surface area contributed by atoms with Crippen molar-refractivity contribution in [1.82, 2.24) is 5.32 Å². The van der Waals surface area contributed by atoms with Gasteiger partial charge in [-0.15, -0.1) is 0 Å². The summed E-state index contributed by atoms with van der Waals surface area (Å²) in [6.45, 7) is 2.88. The average molecular weight is 322 g/mol. The van der Waals surface area contributed by atoms with Gasteiger partial charge in [0, 0.05) is 18.7 Å². The van der Waals surface area contributed by atoms with Crippen molar-refractivity contribution >= 4 is 11.6 Å². The van der Waals surface area contributed by atoms with Crippen molar-refractivity contribution in [1.29, 1.82) is 0 Å². The van der Waals surface area contributed by atoms with E-state index in [1.807, 2.05) is 41.3 Å². The molecule has 1 amide bonds. The van der Waals surface area contributed by atoms with Gasteiger partial charge >= 0.3 is 0 Å². The minimum absolute atomic E-state index is 0.240. The summed E-state index contributed by atoms with van der Waals surface area (Å²) in [6, 6.07) is 20.4. The number of amides is 1. The second-order valence-electron chi connectivity index (χ2n) is 6.51. The fraction of sp³-hybridized carbons (Fsp3) is 0.381. The number of para-hydroxylation sites is 1. The Bertz CT molecular complexity index is 621. The highest BCUT2D eigenvalue weighted by molar-refractivity contribution is 5.93. The van der Waals surface area contributed by atoms with Gasteiger partial charge in [0.2, 0.25) is 5.91 Å². The average Bonchev–Trinajstić information content (AvgIpc) is 3.15. The summed E-state index contributed by atoms with van der Waals surface area (Å²) in [6.07, 6.45) is 3.70. The second-order valence-corrected chi connectivity index (χ2v) is 6.51. The summed E-state index contributed by atoms with van der Waals surface area (Å²) < 4.78 is 0. The highest BCUT2D eigenvalue weighted by Gasteiger charge is 2.19. The van der Waals surface area contributed by atoms with Crippen LogP contribution in [0.4, 0.5) is 5.69 Å². The molecule has 1 unspecified atom stereocenters. The Morgan fingerprint density at radius 3 is 2.42 bits per heavy atom. The first-order valence-corrected chi connectivity index (χ1v) is 8.93. The molecule has 0 radical (unpaired) electrons. The number of carbonyl (C=O) groups excluding carboxylic acids is 1. The molecule has 1 fully saturated rings. The Morgan fingerprint density at radius 2 is 1.75 bits per heavy atom. The van der Waals surface area contributed by atoms with Gasteiger partial charge in [-0.05, 0) is 56.0 Å². The molecule has 3 nitrogen and oxygen atoms in total. The van der Waals surface area contributed by atoms with Crippen molar-refractivity contribution < 1.29 is 4.79 Å². The molecular formula is C21H26N2O. The Morgan fingerprint density at radius 1 is 1.04 bits per heavy atom. The van der Waals surface area contributed by atoms with Gasteiger partial charge in [-0.1, -0.05) is 48.5 Å². The highest BCUT2D eigenvalue weighted by Crippen LogP contribution is 2.19. The van der Waals surface area contributed by atoms with Crippen LogP contribution in [0.2, 0.25) is 0 Å². The SMILES string of the molecule is O=C(CCC1CCNC1)N(CCc1ccccc1)c1ccccc1. The Balaban J connectivity index is 1.63. The number of rotatable bonds is 7. The van der Waals surface area contributed by atoms with E-state index in [9.17, 15) is 4.79 Å². The molecule has 1 saturated heterocycles. The van der Waals surface area contributed by atoms with Gasteiger partial charge in [0.25, 0.3) is 0 Å². The molecule has 0 aromatic heterocycles. The molecule has 1 aliphatic rings. The summed E-state index contributed by atoms with van der Waals surface area (Å²) in [5.74, 6) is 0.893. The molecule has 0 saturated carbocycles. The summed E-state index contributed by atoms with van der Waals surface area (Å²) >= 11 is 0. The molecule has 3 rings (SSSR count). The first kappa shape index (κ1) is 16.7. The fourth-order valence-corrected chi connectivity index (χ4v) is 3.31. The van der Waals surface area contributed by atoms with Gasteiger partial charge in [0.05, 0.1) is 0 Å². The van der Waals surface area contributed by atoms with Crippen molar-refractivity contribution in [2.45, 2.75) is 25.7 Å². The molecular weight excluding hydrogens is 296 g/mol. The lowest BCUT2D eigenvalue weighted by Gasteiger charge is -2.23. The predicted octanol–water partition coefficient (Wildman–Crippen LogP) is 3.65. The number of nitrogens with one attached hydrogen (secondary N) is 1. The summed E-state index contributed by atoms with van der Waals surface area (Å²) in [7, 11) is 0. The van der Waals surface area contributed by atoms with Crippen LogP contribution in [-0.4, -0.2) is 25.5 Å². The molecule has 0 bridgehead atoms. The third-order valence-electron chi connectivity index (χ3n) is 4.76. The number of anilines is 1. The monoisotopic (exact) mass is 322 g/mol. The zero-order chi connectivity index (χ0) is 16.6. The van der Waals surface area contributed by atoms with Gasteiger partial charge in [-0.25, -0.2) is 0 Å². The molecule has 1 heterocycles. The van der Waals surface area contributed by atoms with Gasteiger partial charge < -0.3 is 10.2 Å². The normalized spacial score (nSPS) is 16.9. The molecule has 0 aliphatic carbocycles. The summed E-state index contributed by atoms with van der Waals surface area (Å²) in [5.41, 5.74) is 2.27. The molecule has 126 valence electrons. The third-order valence-corrected chi connectivity index (χ3v) is 4.76. The first-order chi connectivity index (χ1) is 11.8. The van der Waals surface area contributed by atoms with E-state index in [2.05, 4.69) is 29.6 Å². The zero-order valence-electron chi connectivity index (χ0n) is 14.2. The standard InChI is InChI=1S/C21H26N2O/c24-21(12-11-19-13-15-22-17-19)23(20-9-5-2-6-10-20)16-14-18-7-3-1-4-8-18/h1-10,19,22H,11-17H2. The first-order valence-electron chi connectivity index (χ1n) is 8.93. The van der Waals surface area contributed by atoms with Gasteiger partial charge in [-0.3, -0.25) is 4.79 Å². The number of nitrogens with zero attached hydrogens (tertiary/aromatic N) is 1. The van der Waals surface area contributed by atoms with Crippen LogP contribution in [0.1, 0.15) is 24.8 Å². The number of hydrogen-bond acceptors (Lipinski definition) is 2. The molecule has 24 heavy (non-hydrogen) atoms. The fourth-order valence-electron chi connectivity index (χ4n) is 3.31. The van der Waals surface area contributed by atoms with Crippen molar-refractivity contribution in [3.63, 3.8) is 0 Å². The Kier molecular flexibility index (Phi) is 6.02. The Hall–Kier alpha value is -2.13. The van der Waals surface area contributed by atoms with E-state index in [0.29, 0.717) is 12.3 Å². The van der Waals surface area contributed by atoms with Crippen molar-refractivity contribution in [3.8, 4) is 0 Å². The minimum Gasteiger partial charge on any atom is -0.316 e. The maximum atomic E-state index is 12.8. The molecule has 2 aromatic rings. The summed E-state index contributed by atoms with van der Waals surface area (Å²) in [4.78, 5) is 14.8. The van der Waals surface area contributed by atoms with Crippen LogP contribution in [0.15, 0.2) is 60.7 Å². The molecule has 1 aliphatic heterocycles. The number of hydrogen-bond donors (Lipinski definition) is 1. The van der Waals surface area contributed by atoms with Gasteiger partial charge in [0.15, 0.2) is 0 Å². The highest BCUT2D eigenvalue weighted by atomic mass is 16.2. The lowest BCUT2D eigenvalue weighted by atomic mass is 10.0. The van der Waals surface area contributed by atoms with Crippen LogP contribution >= 0.6 is 0 Å². The smallest absolute Gasteiger partial charge is 0.226 e. The van der Waals surface area contributed by atoms with E-state index < -0.39 is 0 Å². The van der Waals surface area contributed by atoms with Crippen molar-refractivity contribution in [2.75, 3.05) is 24.5 Å². The largest absolute Gasteiger partial charge is 0.316 e. The zero-order valence-corrected chi connectivity index (χ0v) is 14.2. The van der Waals surface area contributed by atoms with Crippen LogP contribution in [0, 0.1) is 5.92 Å². The second kappa shape index (κ2) is 8.65. The van der Waals surface area contributed by atoms with Gasteiger partial charge in [-0.2, -0.15) is 0 Å². The van der Waals surface area contributed by atoms with E-state index in [1.54, 1.807) is 0 Å². The Labute approximate surface area is 144 Å².